The predicted octanol–water partition coefficient (Wildman–Crippen LogP) is 10.6. The lowest BCUT2D eigenvalue weighted by Crippen LogP contribution is -2.50. The average Bonchev–Trinajstić information content (AvgIpc) is 3.64. The Balaban J connectivity index is 1.15. The Morgan fingerprint density at radius 1 is 0.404 bits per heavy atom. The molecule has 0 unspecified atom stereocenters. The van der Waals surface area contributed by atoms with Gasteiger partial charge in [0, 0.05) is 11.1 Å². The third-order valence-electron chi connectivity index (χ3n) is 11.3. The zero-order valence-electron chi connectivity index (χ0n) is 29.2. The summed E-state index contributed by atoms with van der Waals surface area (Å²) in [6, 6.07) is 66.3. The van der Waals surface area contributed by atoms with Crippen molar-refractivity contribution in [1.82, 2.24) is 9.97 Å². The Bertz CT molecular complexity index is 2610. The van der Waals surface area contributed by atoms with Crippen LogP contribution in [0.3, 0.4) is 0 Å². The van der Waals surface area contributed by atoms with E-state index in [9.17, 15) is 0 Å². The quantitative estimate of drug-likeness (QED) is 0.169. The molecule has 2 nitrogen and oxygen atoms in total. The van der Waals surface area contributed by atoms with Gasteiger partial charge in [0.1, 0.15) is 8.07 Å². The monoisotopic (exact) mass is 680 g/mol. The zero-order valence-corrected chi connectivity index (χ0v) is 30.2. The number of benzene rings is 7. The van der Waals surface area contributed by atoms with Gasteiger partial charge in [-0.05, 0) is 72.6 Å². The van der Waals surface area contributed by atoms with Gasteiger partial charge >= 0.3 is 0 Å². The van der Waals surface area contributed by atoms with Gasteiger partial charge in [-0.3, -0.25) is 0 Å². The van der Waals surface area contributed by atoms with E-state index < -0.39 is 13.5 Å². The molecule has 0 saturated heterocycles. The van der Waals surface area contributed by atoms with E-state index in [2.05, 4.69) is 195 Å². The number of fused-ring (bicyclic) bond motifs is 6. The molecular weight excluding hydrogens is 645 g/mol. The van der Waals surface area contributed by atoms with Crippen LogP contribution in [0.4, 0.5) is 0 Å². The number of hydrogen-bond donors (Lipinski definition) is 0. The van der Waals surface area contributed by atoms with E-state index in [-0.39, 0.29) is 0 Å². The molecule has 0 bridgehead atoms. The van der Waals surface area contributed by atoms with E-state index in [1.807, 2.05) is 0 Å². The predicted molar refractivity (Wildman–Crippen MR) is 218 cm³/mol. The van der Waals surface area contributed by atoms with Crippen LogP contribution in [0.25, 0.3) is 56.2 Å². The van der Waals surface area contributed by atoms with Crippen molar-refractivity contribution in [2.24, 2.45) is 0 Å². The molecule has 3 heteroatoms. The van der Waals surface area contributed by atoms with E-state index in [4.69, 9.17) is 9.97 Å². The molecule has 0 N–H and O–H groups in total. The number of aromatic nitrogens is 2. The van der Waals surface area contributed by atoms with Crippen molar-refractivity contribution in [3.8, 4) is 56.2 Å². The number of rotatable bonds is 5. The van der Waals surface area contributed by atoms with Crippen LogP contribution >= 0.6 is 0 Å². The van der Waals surface area contributed by atoms with Crippen LogP contribution < -0.4 is 10.4 Å². The minimum Gasteiger partial charge on any atom is -0.228 e. The van der Waals surface area contributed by atoms with Crippen LogP contribution in [0.1, 0.15) is 22.3 Å². The highest BCUT2D eigenvalue weighted by Gasteiger charge is 2.46. The van der Waals surface area contributed by atoms with E-state index >= 15 is 0 Å². The number of hydrogen-bond acceptors (Lipinski definition) is 2. The van der Waals surface area contributed by atoms with Gasteiger partial charge in [-0.1, -0.05) is 183 Å². The average molecular weight is 681 g/mol. The maximum Gasteiger partial charge on any atom is 0.160 e. The molecule has 52 heavy (non-hydrogen) atoms. The van der Waals surface area contributed by atoms with Gasteiger partial charge in [0.25, 0.3) is 0 Å². The fourth-order valence-corrected chi connectivity index (χ4v) is 12.3. The standard InChI is InChI=1S/C49H36N2Si/c1-52(2)44-30-14-11-27-41(44)46-47(52)45(33-17-5-3-6-18-33)50-48(51-46)36-21-15-19-34(31-36)35-20-16-24-38(32-35)49(37-22-7-4-8-23-37)42-28-12-9-25-39(42)40-26-10-13-29-43(40)49/h3-32H,1-2H3. The van der Waals surface area contributed by atoms with Crippen LogP contribution in [0.5, 0.6) is 0 Å². The highest BCUT2D eigenvalue weighted by molar-refractivity contribution is 7.04. The van der Waals surface area contributed by atoms with Crippen molar-refractivity contribution < 1.29 is 0 Å². The molecule has 246 valence electrons. The Hall–Kier alpha value is -6.16. The third kappa shape index (κ3) is 4.42. The fraction of sp³-hybridized carbons (Fsp3) is 0.0612. The van der Waals surface area contributed by atoms with E-state index in [1.165, 1.54) is 54.9 Å². The highest BCUT2D eigenvalue weighted by Crippen LogP contribution is 2.56. The molecule has 0 spiro atoms. The summed E-state index contributed by atoms with van der Waals surface area (Å²) in [5.41, 5.74) is 15.2. The molecule has 10 rings (SSSR count). The van der Waals surface area contributed by atoms with E-state index in [0.717, 1.165) is 33.9 Å². The van der Waals surface area contributed by atoms with Crippen LogP contribution in [-0.4, -0.2) is 18.0 Å². The van der Waals surface area contributed by atoms with Crippen LogP contribution in [0, 0.1) is 0 Å². The molecule has 1 aliphatic carbocycles. The highest BCUT2D eigenvalue weighted by atomic mass is 28.3. The summed E-state index contributed by atoms with van der Waals surface area (Å²) in [6.45, 7) is 4.87. The minimum absolute atomic E-state index is 0.445. The molecule has 0 radical (unpaired) electrons. The van der Waals surface area contributed by atoms with Crippen molar-refractivity contribution in [2.45, 2.75) is 18.5 Å². The lowest BCUT2D eigenvalue weighted by molar-refractivity contribution is 0.769. The summed E-state index contributed by atoms with van der Waals surface area (Å²) in [6.07, 6.45) is 0. The maximum absolute atomic E-state index is 5.40. The van der Waals surface area contributed by atoms with Crippen molar-refractivity contribution in [3.05, 3.63) is 204 Å². The molecule has 2 heterocycles. The van der Waals surface area contributed by atoms with E-state index in [1.54, 1.807) is 0 Å². The third-order valence-corrected chi connectivity index (χ3v) is 14.9. The summed E-state index contributed by atoms with van der Waals surface area (Å²) in [7, 11) is -2.03. The topological polar surface area (TPSA) is 25.8 Å². The molecule has 0 atom stereocenters. The molecule has 2 aliphatic rings. The van der Waals surface area contributed by atoms with Gasteiger partial charge in [-0.15, -0.1) is 0 Å². The zero-order chi connectivity index (χ0) is 34.9. The van der Waals surface area contributed by atoms with Crippen LogP contribution in [0.2, 0.25) is 13.1 Å². The second kappa shape index (κ2) is 11.7. The Morgan fingerprint density at radius 2 is 0.904 bits per heavy atom. The fourth-order valence-electron chi connectivity index (χ4n) is 9.03. The van der Waals surface area contributed by atoms with Crippen molar-refractivity contribution in [2.75, 3.05) is 0 Å². The first kappa shape index (κ1) is 30.6. The second-order valence-electron chi connectivity index (χ2n) is 14.5. The molecule has 0 saturated carbocycles. The van der Waals surface area contributed by atoms with Gasteiger partial charge < -0.3 is 0 Å². The molecular formula is C49H36N2Si. The lowest BCUT2D eigenvalue weighted by Gasteiger charge is -2.34. The first-order valence-electron chi connectivity index (χ1n) is 18.1. The smallest absolute Gasteiger partial charge is 0.160 e. The second-order valence-corrected chi connectivity index (χ2v) is 18.8. The largest absolute Gasteiger partial charge is 0.228 e. The first-order valence-corrected chi connectivity index (χ1v) is 21.1. The molecule has 1 aromatic heterocycles. The minimum atomic E-state index is -2.03. The Kier molecular flexibility index (Phi) is 6.89. The van der Waals surface area contributed by atoms with Crippen molar-refractivity contribution in [3.63, 3.8) is 0 Å². The summed E-state index contributed by atoms with van der Waals surface area (Å²) >= 11 is 0. The van der Waals surface area contributed by atoms with E-state index in [0.29, 0.717) is 0 Å². The van der Waals surface area contributed by atoms with Gasteiger partial charge in [-0.25, -0.2) is 9.97 Å². The Morgan fingerprint density at radius 3 is 1.62 bits per heavy atom. The molecule has 8 aromatic rings. The van der Waals surface area contributed by atoms with Crippen LogP contribution in [-0.2, 0) is 5.41 Å². The summed E-state index contributed by atoms with van der Waals surface area (Å²) in [5.74, 6) is 0.761. The van der Waals surface area contributed by atoms with Crippen LogP contribution in [0.15, 0.2) is 182 Å². The first-order chi connectivity index (χ1) is 25.5. The summed E-state index contributed by atoms with van der Waals surface area (Å²) in [5, 5.41) is 2.76. The van der Waals surface area contributed by atoms with Gasteiger partial charge in [0.2, 0.25) is 0 Å². The molecule has 0 fully saturated rings. The molecule has 7 aromatic carbocycles. The lowest BCUT2D eigenvalue weighted by atomic mass is 9.67. The maximum atomic E-state index is 5.40. The molecule has 1 aliphatic heterocycles. The normalized spacial score (nSPS) is 14.3. The summed E-state index contributed by atoms with van der Waals surface area (Å²) < 4.78 is 0. The Labute approximate surface area is 306 Å². The van der Waals surface area contributed by atoms with Gasteiger partial charge in [0.05, 0.1) is 16.8 Å². The van der Waals surface area contributed by atoms with Crippen molar-refractivity contribution in [1.29, 1.82) is 0 Å². The number of nitrogens with zero attached hydrogens (tertiary/aromatic N) is 2. The molecule has 0 amide bonds. The van der Waals surface area contributed by atoms with Gasteiger partial charge in [0.15, 0.2) is 5.82 Å². The van der Waals surface area contributed by atoms with Gasteiger partial charge in [-0.2, -0.15) is 0 Å². The summed E-state index contributed by atoms with van der Waals surface area (Å²) in [4.78, 5) is 10.8. The SMILES string of the molecule is C[Si]1(C)c2ccccc2-c2nc(-c3cccc(-c4cccc(C5(c6ccccc6)c6ccccc6-c6ccccc65)c4)c3)nc(-c3ccccc3)c21. The van der Waals surface area contributed by atoms with Crippen molar-refractivity contribution >= 4 is 18.4 Å².